The normalized spacial score (nSPS) is 11.2. The van der Waals surface area contributed by atoms with E-state index in [0.717, 1.165) is 15.7 Å². The molecule has 0 amide bonds. The lowest BCUT2D eigenvalue weighted by Gasteiger charge is -2.16. The molecule has 0 spiro atoms. The van der Waals surface area contributed by atoms with E-state index in [0.29, 0.717) is 28.5 Å². The van der Waals surface area contributed by atoms with Crippen molar-refractivity contribution >= 4 is 11.0 Å². The number of nitrogens with zero attached hydrogens (tertiary/aromatic N) is 3. The molecule has 32 heavy (non-hydrogen) atoms. The standard InChI is InChI=1S/C25H24FN3O3/c1-16-7-9-17(10-8-16)13-20-21(18-5-3-6-19(26)14-18)15-27-23-22(20)24(31)29(11-4-12-30)25(32)28(23)2/h3,5-10,14-15,30H,4,11-13H2,1-2H3. The molecular weight excluding hydrogens is 409 g/mol. The maximum absolute atomic E-state index is 14.0. The Balaban J connectivity index is 2.06. The van der Waals surface area contributed by atoms with Crippen LogP contribution in [0.3, 0.4) is 0 Å². The van der Waals surface area contributed by atoms with Gasteiger partial charge in [-0.15, -0.1) is 0 Å². The van der Waals surface area contributed by atoms with E-state index in [-0.39, 0.29) is 31.0 Å². The summed E-state index contributed by atoms with van der Waals surface area (Å²) in [5.41, 5.74) is 3.38. The number of pyridine rings is 1. The van der Waals surface area contributed by atoms with Crippen molar-refractivity contribution in [2.75, 3.05) is 6.61 Å². The van der Waals surface area contributed by atoms with Gasteiger partial charge in [0.15, 0.2) is 0 Å². The minimum absolute atomic E-state index is 0.103. The Kier molecular flexibility index (Phi) is 6.01. The van der Waals surface area contributed by atoms with Crippen molar-refractivity contribution in [1.29, 1.82) is 0 Å². The van der Waals surface area contributed by atoms with Crippen molar-refractivity contribution in [3.05, 3.63) is 98.1 Å². The summed E-state index contributed by atoms with van der Waals surface area (Å²) in [5, 5.41) is 9.54. The van der Waals surface area contributed by atoms with Crippen LogP contribution >= 0.6 is 0 Å². The van der Waals surface area contributed by atoms with E-state index >= 15 is 0 Å². The van der Waals surface area contributed by atoms with Crippen molar-refractivity contribution in [2.24, 2.45) is 7.05 Å². The van der Waals surface area contributed by atoms with Crippen LogP contribution in [-0.2, 0) is 20.0 Å². The minimum atomic E-state index is -0.483. The molecule has 6 nitrogen and oxygen atoms in total. The number of aryl methyl sites for hydroxylation is 2. The summed E-state index contributed by atoms with van der Waals surface area (Å²) in [7, 11) is 1.57. The molecule has 2 aromatic heterocycles. The molecule has 0 aliphatic rings. The summed E-state index contributed by atoms with van der Waals surface area (Å²) in [4.78, 5) is 30.7. The lowest BCUT2D eigenvalue weighted by Crippen LogP contribution is -2.40. The fourth-order valence-corrected chi connectivity index (χ4v) is 3.93. The number of rotatable bonds is 6. The first-order valence-electron chi connectivity index (χ1n) is 10.4. The molecule has 4 aromatic rings. The van der Waals surface area contributed by atoms with Crippen LogP contribution in [0.2, 0.25) is 0 Å². The molecular formula is C25H24FN3O3. The predicted molar refractivity (Wildman–Crippen MR) is 122 cm³/mol. The number of hydrogen-bond acceptors (Lipinski definition) is 4. The molecule has 0 fully saturated rings. The van der Waals surface area contributed by atoms with E-state index in [9.17, 15) is 19.1 Å². The van der Waals surface area contributed by atoms with E-state index < -0.39 is 11.2 Å². The van der Waals surface area contributed by atoms with Crippen LogP contribution in [0.4, 0.5) is 4.39 Å². The summed E-state index contributed by atoms with van der Waals surface area (Å²) in [6, 6.07) is 14.1. The van der Waals surface area contributed by atoms with Gasteiger partial charge < -0.3 is 5.11 Å². The van der Waals surface area contributed by atoms with Gasteiger partial charge in [0.25, 0.3) is 5.56 Å². The zero-order chi connectivity index (χ0) is 22.8. The van der Waals surface area contributed by atoms with Crippen molar-refractivity contribution in [1.82, 2.24) is 14.1 Å². The molecule has 0 unspecified atom stereocenters. The summed E-state index contributed by atoms with van der Waals surface area (Å²) in [5.74, 6) is -0.385. The van der Waals surface area contributed by atoms with E-state index in [1.54, 1.807) is 25.4 Å². The fourth-order valence-electron chi connectivity index (χ4n) is 3.93. The number of hydrogen-bond donors (Lipinski definition) is 1. The molecule has 1 N–H and O–H groups in total. The Morgan fingerprint density at radius 1 is 1.09 bits per heavy atom. The van der Waals surface area contributed by atoms with Crippen LogP contribution < -0.4 is 11.2 Å². The van der Waals surface area contributed by atoms with Crippen LogP contribution in [-0.4, -0.2) is 25.8 Å². The van der Waals surface area contributed by atoms with Gasteiger partial charge >= 0.3 is 5.69 Å². The average Bonchev–Trinajstić information content (AvgIpc) is 2.79. The van der Waals surface area contributed by atoms with Gasteiger partial charge in [0.1, 0.15) is 11.5 Å². The van der Waals surface area contributed by atoms with Gasteiger partial charge in [-0.3, -0.25) is 13.9 Å². The highest BCUT2D eigenvalue weighted by Gasteiger charge is 2.19. The number of aliphatic hydroxyl groups excluding tert-OH is 1. The topological polar surface area (TPSA) is 77.1 Å². The van der Waals surface area contributed by atoms with Gasteiger partial charge in [0.05, 0.1) is 5.39 Å². The van der Waals surface area contributed by atoms with E-state index in [4.69, 9.17) is 0 Å². The average molecular weight is 433 g/mol. The summed E-state index contributed by atoms with van der Waals surface area (Å²) in [6.07, 6.45) is 2.29. The first kappa shape index (κ1) is 21.6. The molecule has 7 heteroatoms. The van der Waals surface area contributed by atoms with Crippen LogP contribution in [0.15, 0.2) is 64.3 Å². The summed E-state index contributed by atoms with van der Waals surface area (Å²) < 4.78 is 16.5. The lowest BCUT2D eigenvalue weighted by atomic mass is 9.94. The quantitative estimate of drug-likeness (QED) is 0.507. The van der Waals surface area contributed by atoms with Crippen LogP contribution in [0, 0.1) is 12.7 Å². The van der Waals surface area contributed by atoms with Gasteiger partial charge in [-0.2, -0.15) is 0 Å². The Labute approximate surface area is 184 Å². The lowest BCUT2D eigenvalue weighted by molar-refractivity contribution is 0.277. The molecule has 0 saturated heterocycles. The first-order valence-corrected chi connectivity index (χ1v) is 10.4. The van der Waals surface area contributed by atoms with Gasteiger partial charge in [-0.05, 0) is 48.6 Å². The molecule has 2 heterocycles. The molecule has 0 radical (unpaired) electrons. The van der Waals surface area contributed by atoms with Crippen molar-refractivity contribution < 1.29 is 9.50 Å². The van der Waals surface area contributed by atoms with E-state index in [1.165, 1.54) is 16.7 Å². The van der Waals surface area contributed by atoms with Crippen molar-refractivity contribution in [3.8, 4) is 11.1 Å². The molecule has 0 aliphatic heterocycles. The number of aliphatic hydroxyl groups is 1. The minimum Gasteiger partial charge on any atom is -0.396 e. The Morgan fingerprint density at radius 2 is 1.84 bits per heavy atom. The molecule has 164 valence electrons. The number of halogens is 1. The molecule has 0 saturated carbocycles. The molecule has 0 aliphatic carbocycles. The highest BCUT2D eigenvalue weighted by molar-refractivity contribution is 5.86. The largest absolute Gasteiger partial charge is 0.396 e. The zero-order valence-electron chi connectivity index (χ0n) is 18.0. The number of benzene rings is 2. The van der Waals surface area contributed by atoms with Crippen LogP contribution in [0.1, 0.15) is 23.1 Å². The third kappa shape index (κ3) is 3.99. The van der Waals surface area contributed by atoms with E-state index in [1.807, 2.05) is 31.2 Å². The van der Waals surface area contributed by atoms with E-state index in [2.05, 4.69) is 4.98 Å². The van der Waals surface area contributed by atoms with Crippen LogP contribution in [0.25, 0.3) is 22.2 Å². The maximum atomic E-state index is 14.0. The summed E-state index contributed by atoms with van der Waals surface area (Å²) >= 11 is 0. The van der Waals surface area contributed by atoms with Crippen LogP contribution in [0.5, 0.6) is 0 Å². The smallest absolute Gasteiger partial charge is 0.332 e. The van der Waals surface area contributed by atoms with Gasteiger partial charge in [-0.25, -0.2) is 14.2 Å². The zero-order valence-corrected chi connectivity index (χ0v) is 18.0. The number of aromatic nitrogens is 3. The van der Waals surface area contributed by atoms with Crippen molar-refractivity contribution in [2.45, 2.75) is 26.3 Å². The SMILES string of the molecule is Cc1ccc(Cc2c(-c3cccc(F)c3)cnc3c2c(=O)n(CCCO)c(=O)n3C)cc1. The Bertz CT molecular complexity index is 1410. The molecule has 2 aromatic carbocycles. The highest BCUT2D eigenvalue weighted by atomic mass is 19.1. The third-order valence-electron chi connectivity index (χ3n) is 5.64. The summed E-state index contributed by atoms with van der Waals surface area (Å²) in [6.45, 7) is 1.97. The molecule has 0 atom stereocenters. The predicted octanol–water partition coefficient (Wildman–Crippen LogP) is 3.18. The van der Waals surface area contributed by atoms with Gasteiger partial charge in [0.2, 0.25) is 0 Å². The fraction of sp³-hybridized carbons (Fsp3) is 0.240. The van der Waals surface area contributed by atoms with Gasteiger partial charge in [0, 0.05) is 32.0 Å². The first-order chi connectivity index (χ1) is 15.4. The molecule has 0 bridgehead atoms. The maximum Gasteiger partial charge on any atom is 0.332 e. The molecule has 4 rings (SSSR count). The van der Waals surface area contributed by atoms with Gasteiger partial charge in [-0.1, -0.05) is 42.0 Å². The second-order valence-corrected chi connectivity index (χ2v) is 7.90. The third-order valence-corrected chi connectivity index (χ3v) is 5.64. The second-order valence-electron chi connectivity index (χ2n) is 7.90. The van der Waals surface area contributed by atoms with Crippen molar-refractivity contribution in [3.63, 3.8) is 0 Å². The highest BCUT2D eigenvalue weighted by Crippen LogP contribution is 2.29. The Morgan fingerprint density at radius 3 is 2.53 bits per heavy atom. The Hall–Kier alpha value is -3.58. The second kappa shape index (κ2) is 8.88. The monoisotopic (exact) mass is 433 g/mol. The number of fused-ring (bicyclic) bond motifs is 1.